The summed E-state index contributed by atoms with van der Waals surface area (Å²) in [5, 5.41) is 14.7. The summed E-state index contributed by atoms with van der Waals surface area (Å²) in [7, 11) is -2.19. The standard InChI is InChI=1S/C29H37BrN2O6S/c1-18(2)21-15-22-23(16-24(21)30)28(3)11-6-12-29(4,27(33)34)26(28)17-25(22)32-38-14-13-31-39(35,36)20-9-7-19(37-5)8-10-20/h7-10,15-16,18,26,31H,6,11-14,17H2,1-5H3,(H,33,34)/b32-25+/t26-,28-,29-/m1/s1. The molecule has 0 aromatic heterocycles. The maximum absolute atomic E-state index is 12.6. The minimum atomic E-state index is -3.71. The number of fused-ring (bicyclic) bond motifs is 3. The van der Waals surface area contributed by atoms with Gasteiger partial charge in [-0.1, -0.05) is 48.3 Å². The number of halogens is 1. The summed E-state index contributed by atoms with van der Waals surface area (Å²) < 4.78 is 33.9. The van der Waals surface area contributed by atoms with Crippen LogP contribution in [0, 0.1) is 11.3 Å². The fourth-order valence-electron chi connectivity index (χ4n) is 6.22. The molecule has 212 valence electrons. The van der Waals surface area contributed by atoms with Crippen molar-refractivity contribution < 1.29 is 27.9 Å². The molecule has 2 N–H and O–H groups in total. The highest BCUT2D eigenvalue weighted by Gasteiger charge is 2.56. The van der Waals surface area contributed by atoms with Gasteiger partial charge in [0.15, 0.2) is 0 Å². The predicted octanol–water partition coefficient (Wildman–Crippen LogP) is 5.83. The third kappa shape index (κ3) is 5.60. The maximum atomic E-state index is 12.6. The largest absolute Gasteiger partial charge is 0.497 e. The van der Waals surface area contributed by atoms with E-state index < -0.39 is 21.4 Å². The summed E-state index contributed by atoms with van der Waals surface area (Å²) in [6.45, 7) is 8.36. The molecule has 8 nitrogen and oxygen atoms in total. The highest BCUT2D eigenvalue weighted by molar-refractivity contribution is 9.10. The zero-order chi connectivity index (χ0) is 28.6. The Bertz CT molecular complexity index is 1370. The lowest BCUT2D eigenvalue weighted by Gasteiger charge is -2.53. The van der Waals surface area contributed by atoms with E-state index in [-0.39, 0.29) is 35.3 Å². The summed E-state index contributed by atoms with van der Waals surface area (Å²) in [5.74, 6) is -0.0913. The second-order valence-electron chi connectivity index (χ2n) is 11.3. The van der Waals surface area contributed by atoms with Gasteiger partial charge in [-0.15, -0.1) is 0 Å². The number of methoxy groups -OCH3 is 1. The number of oxime groups is 1. The summed E-state index contributed by atoms with van der Waals surface area (Å²) in [4.78, 5) is 18.3. The molecular formula is C29H37BrN2O6S. The number of carboxylic acids is 1. The van der Waals surface area contributed by atoms with E-state index in [0.29, 0.717) is 24.3 Å². The van der Waals surface area contributed by atoms with Crippen molar-refractivity contribution in [1.29, 1.82) is 0 Å². The lowest BCUT2D eigenvalue weighted by molar-refractivity contribution is -0.156. The Morgan fingerprint density at radius 2 is 1.90 bits per heavy atom. The summed E-state index contributed by atoms with van der Waals surface area (Å²) in [5.41, 5.74) is 2.72. The van der Waals surface area contributed by atoms with Crippen molar-refractivity contribution in [2.45, 2.75) is 69.6 Å². The van der Waals surface area contributed by atoms with Gasteiger partial charge in [0.2, 0.25) is 10.0 Å². The second-order valence-corrected chi connectivity index (χ2v) is 13.9. The lowest BCUT2D eigenvalue weighted by Crippen LogP contribution is -2.53. The van der Waals surface area contributed by atoms with Gasteiger partial charge in [0.25, 0.3) is 0 Å². The van der Waals surface area contributed by atoms with Gasteiger partial charge in [0.05, 0.1) is 23.1 Å². The van der Waals surface area contributed by atoms with Gasteiger partial charge in [0.1, 0.15) is 12.4 Å². The van der Waals surface area contributed by atoms with Crippen LogP contribution in [0.15, 0.2) is 50.9 Å². The summed E-state index contributed by atoms with van der Waals surface area (Å²) >= 11 is 3.75. The van der Waals surface area contributed by atoms with Crippen molar-refractivity contribution in [2.24, 2.45) is 16.5 Å². The normalized spacial score (nSPS) is 25.7. The average molecular weight is 622 g/mol. The molecule has 0 radical (unpaired) electrons. The maximum Gasteiger partial charge on any atom is 0.309 e. The number of hydrogen-bond donors (Lipinski definition) is 2. The molecule has 4 rings (SSSR count). The SMILES string of the molecule is COc1ccc(S(=O)(=O)NCCO/N=C2\C[C@H]3[C@](C)(C(=O)O)CCC[C@]3(C)c3cc(Br)c(C(C)C)cc32)cc1. The molecule has 3 atom stereocenters. The Labute approximate surface area is 239 Å². The molecule has 2 aliphatic carbocycles. The molecule has 0 spiro atoms. The predicted molar refractivity (Wildman–Crippen MR) is 154 cm³/mol. The number of nitrogens with zero attached hydrogens (tertiary/aromatic N) is 1. The van der Waals surface area contributed by atoms with Gasteiger partial charge in [-0.25, -0.2) is 13.1 Å². The van der Waals surface area contributed by atoms with Crippen LogP contribution in [-0.4, -0.2) is 45.5 Å². The van der Waals surface area contributed by atoms with Crippen LogP contribution in [0.5, 0.6) is 5.75 Å². The van der Waals surface area contributed by atoms with E-state index in [1.807, 2.05) is 6.92 Å². The highest BCUT2D eigenvalue weighted by atomic mass is 79.9. The number of hydrogen-bond acceptors (Lipinski definition) is 6. The third-order valence-electron chi connectivity index (χ3n) is 8.53. The van der Waals surface area contributed by atoms with Crippen molar-refractivity contribution in [3.8, 4) is 5.75 Å². The molecule has 0 bridgehead atoms. The van der Waals surface area contributed by atoms with Crippen molar-refractivity contribution in [1.82, 2.24) is 4.72 Å². The minimum Gasteiger partial charge on any atom is -0.497 e. The Morgan fingerprint density at radius 1 is 1.21 bits per heavy atom. The molecule has 2 aliphatic rings. The molecule has 0 heterocycles. The van der Waals surface area contributed by atoms with Crippen LogP contribution >= 0.6 is 15.9 Å². The number of aliphatic carboxylic acids is 1. The van der Waals surface area contributed by atoms with Crippen LogP contribution in [0.2, 0.25) is 0 Å². The zero-order valence-corrected chi connectivity index (χ0v) is 25.5. The first kappa shape index (κ1) is 29.6. The van der Waals surface area contributed by atoms with Crippen LogP contribution in [-0.2, 0) is 25.1 Å². The average Bonchev–Trinajstić information content (AvgIpc) is 2.88. The third-order valence-corrected chi connectivity index (χ3v) is 10.7. The quantitative estimate of drug-likeness (QED) is 0.269. The van der Waals surface area contributed by atoms with Crippen LogP contribution in [0.1, 0.15) is 76.0 Å². The van der Waals surface area contributed by atoms with Crippen LogP contribution in [0.4, 0.5) is 0 Å². The van der Waals surface area contributed by atoms with Crippen LogP contribution < -0.4 is 9.46 Å². The van der Waals surface area contributed by atoms with Gasteiger partial charge >= 0.3 is 5.97 Å². The number of benzene rings is 2. The van der Waals surface area contributed by atoms with Crippen LogP contribution in [0.25, 0.3) is 0 Å². The zero-order valence-electron chi connectivity index (χ0n) is 23.1. The van der Waals surface area contributed by atoms with E-state index in [9.17, 15) is 18.3 Å². The van der Waals surface area contributed by atoms with Gasteiger partial charge in [0, 0.05) is 16.6 Å². The monoisotopic (exact) mass is 620 g/mol. The topological polar surface area (TPSA) is 114 Å². The van der Waals surface area contributed by atoms with Gasteiger partial charge in [-0.05, 0) is 91.0 Å². The molecule has 0 saturated heterocycles. The Kier molecular flexibility index (Phi) is 8.50. The van der Waals surface area contributed by atoms with E-state index in [1.54, 1.807) is 12.1 Å². The molecule has 10 heteroatoms. The van der Waals surface area contributed by atoms with Crippen LogP contribution in [0.3, 0.4) is 0 Å². The first-order chi connectivity index (χ1) is 18.3. The number of nitrogens with one attached hydrogen (secondary N) is 1. The van der Waals surface area contributed by atoms with Gasteiger partial charge in [-0.3, -0.25) is 4.79 Å². The molecular weight excluding hydrogens is 584 g/mol. The van der Waals surface area contributed by atoms with E-state index in [4.69, 9.17) is 9.57 Å². The lowest BCUT2D eigenvalue weighted by atomic mass is 9.49. The number of carboxylic acid groups (broad SMARTS) is 1. The summed E-state index contributed by atoms with van der Waals surface area (Å²) in [6, 6.07) is 10.4. The van der Waals surface area contributed by atoms with Gasteiger partial charge in [-0.2, -0.15) is 0 Å². The summed E-state index contributed by atoms with van der Waals surface area (Å²) in [6.07, 6.45) is 2.84. The first-order valence-electron chi connectivity index (χ1n) is 13.2. The Morgan fingerprint density at radius 3 is 2.51 bits per heavy atom. The van der Waals surface area contributed by atoms with E-state index in [0.717, 1.165) is 34.0 Å². The molecule has 0 amide bonds. The van der Waals surface area contributed by atoms with Crippen molar-refractivity contribution in [2.75, 3.05) is 20.3 Å². The molecule has 2 aromatic carbocycles. The number of carbonyl (C=O) groups is 1. The van der Waals surface area contributed by atoms with E-state index >= 15 is 0 Å². The number of ether oxygens (including phenoxy) is 1. The molecule has 1 fully saturated rings. The molecule has 1 saturated carbocycles. The Hall–Kier alpha value is -2.43. The second kappa shape index (κ2) is 11.2. The number of sulfonamides is 1. The van der Waals surface area contributed by atoms with Crippen molar-refractivity contribution in [3.63, 3.8) is 0 Å². The molecule has 2 aromatic rings. The van der Waals surface area contributed by atoms with Crippen molar-refractivity contribution in [3.05, 3.63) is 57.6 Å². The Balaban J connectivity index is 1.59. The molecule has 39 heavy (non-hydrogen) atoms. The number of rotatable bonds is 9. The molecule has 0 aliphatic heterocycles. The smallest absolute Gasteiger partial charge is 0.309 e. The van der Waals surface area contributed by atoms with Gasteiger partial charge < -0.3 is 14.7 Å². The van der Waals surface area contributed by atoms with Crippen molar-refractivity contribution >= 4 is 37.6 Å². The fraction of sp³-hybridized carbons (Fsp3) is 0.517. The minimum absolute atomic E-state index is 0.0277. The fourth-order valence-corrected chi connectivity index (χ4v) is 8.03. The highest BCUT2D eigenvalue weighted by Crippen LogP contribution is 2.58. The van der Waals surface area contributed by atoms with E-state index in [1.165, 1.54) is 19.2 Å². The van der Waals surface area contributed by atoms with E-state index in [2.05, 4.69) is 58.7 Å². The first-order valence-corrected chi connectivity index (χ1v) is 15.5. The molecule has 0 unspecified atom stereocenters.